The third-order valence-corrected chi connectivity index (χ3v) is 6.89. The quantitative estimate of drug-likeness (QED) is 0.172. The SMILES string of the molecule is O=C(NCc1nnc(SCc2cccc(C(F)(F)F)c2)n1-c1cccc(C(F)(F)F)c1)c1ccc(Cl)cc1Cl. The molecular weight excluding hydrogens is 589 g/mol. The Hall–Kier alpha value is -3.22. The van der Waals surface area contributed by atoms with Crippen molar-refractivity contribution in [2.45, 2.75) is 29.8 Å². The summed E-state index contributed by atoms with van der Waals surface area (Å²) in [5.41, 5.74) is -1.27. The molecule has 1 amide bonds. The lowest BCUT2D eigenvalue weighted by Gasteiger charge is -2.14. The number of amides is 1. The molecule has 0 unspecified atom stereocenters. The first kappa shape index (κ1) is 28.8. The minimum Gasteiger partial charge on any atom is -0.345 e. The molecule has 0 aliphatic heterocycles. The predicted molar refractivity (Wildman–Crippen MR) is 135 cm³/mol. The third-order valence-electron chi connectivity index (χ3n) is 5.34. The van der Waals surface area contributed by atoms with Crippen LogP contribution in [-0.4, -0.2) is 20.7 Å². The first-order valence-electron chi connectivity index (χ1n) is 11.0. The van der Waals surface area contributed by atoms with E-state index in [1.807, 2.05) is 0 Å². The van der Waals surface area contributed by atoms with Crippen molar-refractivity contribution < 1.29 is 31.1 Å². The summed E-state index contributed by atoms with van der Waals surface area (Å²) in [7, 11) is 0. The molecule has 1 heterocycles. The van der Waals surface area contributed by atoms with Crippen LogP contribution in [0.1, 0.15) is 32.9 Å². The number of nitrogens with zero attached hydrogens (tertiary/aromatic N) is 3. The Labute approximate surface area is 232 Å². The second-order valence-corrected chi connectivity index (χ2v) is 9.86. The Morgan fingerprint density at radius 3 is 2.21 bits per heavy atom. The van der Waals surface area contributed by atoms with Gasteiger partial charge in [0.25, 0.3) is 5.91 Å². The lowest BCUT2D eigenvalue weighted by molar-refractivity contribution is -0.138. The van der Waals surface area contributed by atoms with Gasteiger partial charge in [-0.15, -0.1) is 10.2 Å². The van der Waals surface area contributed by atoms with Gasteiger partial charge in [0, 0.05) is 10.8 Å². The van der Waals surface area contributed by atoms with Gasteiger partial charge < -0.3 is 5.32 Å². The normalized spacial score (nSPS) is 12.0. The van der Waals surface area contributed by atoms with Crippen molar-refractivity contribution in [3.63, 3.8) is 0 Å². The number of hydrogen-bond acceptors (Lipinski definition) is 4. The Kier molecular flexibility index (Phi) is 8.48. The van der Waals surface area contributed by atoms with Crippen LogP contribution in [0.3, 0.4) is 0 Å². The third kappa shape index (κ3) is 7.06. The van der Waals surface area contributed by atoms with Gasteiger partial charge >= 0.3 is 12.4 Å². The summed E-state index contributed by atoms with van der Waals surface area (Å²) in [6, 6.07) is 13.3. The molecule has 14 heteroatoms. The van der Waals surface area contributed by atoms with Gasteiger partial charge in [0.2, 0.25) is 0 Å². The van der Waals surface area contributed by atoms with Crippen molar-refractivity contribution in [3.05, 3.63) is 105 Å². The molecular formula is C25H16Cl2F6N4OS. The molecule has 3 aromatic carbocycles. The monoisotopic (exact) mass is 604 g/mol. The van der Waals surface area contributed by atoms with E-state index in [4.69, 9.17) is 23.2 Å². The van der Waals surface area contributed by atoms with Crippen LogP contribution in [0.2, 0.25) is 10.0 Å². The zero-order valence-electron chi connectivity index (χ0n) is 19.4. The second-order valence-electron chi connectivity index (χ2n) is 8.08. The number of aromatic nitrogens is 3. The average Bonchev–Trinajstić information content (AvgIpc) is 3.28. The average molecular weight is 605 g/mol. The molecule has 0 saturated carbocycles. The molecule has 4 aromatic rings. The van der Waals surface area contributed by atoms with E-state index in [1.54, 1.807) is 0 Å². The van der Waals surface area contributed by atoms with Gasteiger partial charge in [-0.2, -0.15) is 26.3 Å². The highest BCUT2D eigenvalue weighted by molar-refractivity contribution is 7.98. The molecule has 0 radical (unpaired) electrons. The van der Waals surface area contributed by atoms with Crippen LogP contribution in [0.25, 0.3) is 5.69 Å². The molecule has 1 aromatic heterocycles. The summed E-state index contributed by atoms with van der Waals surface area (Å²) in [5, 5.41) is 11.2. The highest BCUT2D eigenvalue weighted by atomic mass is 35.5. The summed E-state index contributed by atoms with van der Waals surface area (Å²) in [6.07, 6.45) is -9.16. The minimum absolute atomic E-state index is 0.0216. The zero-order valence-corrected chi connectivity index (χ0v) is 21.8. The van der Waals surface area contributed by atoms with Gasteiger partial charge in [-0.25, -0.2) is 0 Å². The highest BCUT2D eigenvalue weighted by Crippen LogP contribution is 2.34. The number of carbonyl (C=O) groups is 1. The molecule has 0 spiro atoms. The molecule has 0 aliphatic carbocycles. The molecule has 39 heavy (non-hydrogen) atoms. The van der Waals surface area contributed by atoms with Gasteiger partial charge in [-0.05, 0) is 48.0 Å². The molecule has 0 bridgehead atoms. The highest BCUT2D eigenvalue weighted by Gasteiger charge is 2.32. The van der Waals surface area contributed by atoms with Crippen molar-refractivity contribution >= 4 is 40.9 Å². The van der Waals surface area contributed by atoms with E-state index >= 15 is 0 Å². The van der Waals surface area contributed by atoms with E-state index in [2.05, 4.69) is 15.5 Å². The molecule has 0 aliphatic rings. The zero-order chi connectivity index (χ0) is 28.4. The van der Waals surface area contributed by atoms with Crippen molar-refractivity contribution in [3.8, 4) is 5.69 Å². The maximum absolute atomic E-state index is 13.4. The fraction of sp³-hybridized carbons (Fsp3) is 0.160. The number of carbonyl (C=O) groups excluding carboxylic acids is 1. The Bertz CT molecular complexity index is 1510. The molecule has 204 valence electrons. The molecule has 0 atom stereocenters. The largest absolute Gasteiger partial charge is 0.416 e. The summed E-state index contributed by atoms with van der Waals surface area (Å²) < 4.78 is 80.8. The number of nitrogens with one attached hydrogen (secondary N) is 1. The minimum atomic E-state index is -4.63. The van der Waals surface area contributed by atoms with E-state index in [1.165, 1.54) is 47.0 Å². The molecule has 0 saturated heterocycles. The second kappa shape index (κ2) is 11.5. The summed E-state index contributed by atoms with van der Waals surface area (Å²) >= 11 is 12.9. The van der Waals surface area contributed by atoms with Crippen molar-refractivity contribution in [2.75, 3.05) is 0 Å². The van der Waals surface area contributed by atoms with E-state index in [-0.39, 0.29) is 39.6 Å². The summed E-state index contributed by atoms with van der Waals surface area (Å²) in [4.78, 5) is 12.7. The topological polar surface area (TPSA) is 59.8 Å². The van der Waals surface area contributed by atoms with Crippen molar-refractivity contribution in [1.29, 1.82) is 0 Å². The first-order valence-corrected chi connectivity index (χ1v) is 12.7. The molecule has 4 rings (SSSR count). The standard InChI is InChI=1S/C25H16Cl2F6N4OS/c26-17-7-8-19(20(27)11-17)22(38)34-12-21-35-36-23(37(21)18-6-2-5-16(10-18)25(31,32)33)39-13-14-3-1-4-15(9-14)24(28,29)30/h1-11H,12-13H2,(H,34,38). The number of hydrogen-bond donors (Lipinski definition) is 1. The van der Waals surface area contributed by atoms with Crippen LogP contribution in [-0.2, 0) is 24.7 Å². The molecule has 1 N–H and O–H groups in total. The Balaban J connectivity index is 1.64. The predicted octanol–water partition coefficient (Wildman–Crippen LogP) is 7.83. The number of alkyl halides is 6. The molecule has 5 nitrogen and oxygen atoms in total. The van der Waals surface area contributed by atoms with Gasteiger partial charge in [-0.3, -0.25) is 9.36 Å². The van der Waals surface area contributed by atoms with Crippen LogP contribution in [0.4, 0.5) is 26.3 Å². The lowest BCUT2D eigenvalue weighted by atomic mass is 10.1. The maximum atomic E-state index is 13.4. The van der Waals surface area contributed by atoms with Crippen LogP contribution in [0, 0.1) is 0 Å². The van der Waals surface area contributed by atoms with Gasteiger partial charge in [-0.1, -0.05) is 59.2 Å². The number of thioether (sulfide) groups is 1. The van der Waals surface area contributed by atoms with Crippen LogP contribution < -0.4 is 5.32 Å². The van der Waals surface area contributed by atoms with E-state index in [9.17, 15) is 31.1 Å². The van der Waals surface area contributed by atoms with Crippen LogP contribution in [0.5, 0.6) is 0 Å². The van der Waals surface area contributed by atoms with E-state index in [0.29, 0.717) is 10.6 Å². The van der Waals surface area contributed by atoms with Crippen molar-refractivity contribution in [2.24, 2.45) is 0 Å². The first-order chi connectivity index (χ1) is 18.3. The number of halogens is 8. The van der Waals surface area contributed by atoms with Gasteiger partial charge in [0.1, 0.15) is 0 Å². The van der Waals surface area contributed by atoms with Crippen LogP contribution >= 0.6 is 35.0 Å². The van der Waals surface area contributed by atoms with E-state index < -0.39 is 29.4 Å². The van der Waals surface area contributed by atoms with Gasteiger partial charge in [0.15, 0.2) is 11.0 Å². The lowest BCUT2D eigenvalue weighted by Crippen LogP contribution is -2.25. The fourth-order valence-corrected chi connectivity index (χ4v) is 4.91. The number of benzene rings is 3. The fourth-order valence-electron chi connectivity index (χ4n) is 3.50. The van der Waals surface area contributed by atoms with E-state index in [0.717, 1.165) is 36.0 Å². The summed E-state index contributed by atoms with van der Waals surface area (Å²) in [6.45, 7) is -0.245. The van der Waals surface area contributed by atoms with Crippen molar-refractivity contribution in [1.82, 2.24) is 20.1 Å². The Morgan fingerprint density at radius 2 is 1.54 bits per heavy atom. The van der Waals surface area contributed by atoms with Gasteiger partial charge in [0.05, 0.1) is 33.9 Å². The molecule has 0 fully saturated rings. The smallest absolute Gasteiger partial charge is 0.345 e. The van der Waals surface area contributed by atoms with Crippen LogP contribution in [0.15, 0.2) is 71.9 Å². The number of rotatable bonds is 7. The Morgan fingerprint density at radius 1 is 0.872 bits per heavy atom. The summed E-state index contributed by atoms with van der Waals surface area (Å²) in [5.74, 6) is -0.485. The maximum Gasteiger partial charge on any atom is 0.416 e.